The Balaban J connectivity index is 1.60. The molecular formula is C24H21Cl2N3. The van der Waals surface area contributed by atoms with E-state index in [0.29, 0.717) is 16.6 Å². The number of fused-ring (bicyclic) bond motifs is 1. The highest BCUT2D eigenvalue weighted by molar-refractivity contribution is 6.35. The maximum atomic E-state index is 6.23. The zero-order valence-corrected chi connectivity index (χ0v) is 17.6. The molecule has 146 valence electrons. The van der Waals surface area contributed by atoms with Crippen LogP contribution in [-0.2, 0) is 13.1 Å². The Morgan fingerprint density at radius 3 is 2.34 bits per heavy atom. The monoisotopic (exact) mass is 421 g/mol. The van der Waals surface area contributed by atoms with Crippen LogP contribution in [0.1, 0.15) is 22.4 Å². The molecule has 0 bridgehead atoms. The van der Waals surface area contributed by atoms with Crippen molar-refractivity contribution in [2.45, 2.75) is 20.0 Å². The van der Waals surface area contributed by atoms with Crippen molar-refractivity contribution in [1.29, 1.82) is 0 Å². The van der Waals surface area contributed by atoms with Gasteiger partial charge in [-0.05, 0) is 30.7 Å². The largest absolute Gasteiger partial charge is 0.340 e. The third-order valence-electron chi connectivity index (χ3n) is 5.07. The van der Waals surface area contributed by atoms with Gasteiger partial charge >= 0.3 is 0 Å². The van der Waals surface area contributed by atoms with Crippen LogP contribution in [0.4, 0.5) is 0 Å². The first kappa shape index (κ1) is 19.6. The second-order valence-corrected chi connectivity index (χ2v) is 7.70. The predicted molar refractivity (Wildman–Crippen MR) is 123 cm³/mol. The number of hydrogen-bond donors (Lipinski definition) is 1. The van der Waals surface area contributed by atoms with E-state index < -0.39 is 0 Å². The molecular weight excluding hydrogens is 401 g/mol. The maximum Gasteiger partial charge on any atom is 0.0609 e. The van der Waals surface area contributed by atoms with Crippen LogP contribution >= 0.6 is 23.2 Å². The zero-order valence-electron chi connectivity index (χ0n) is 16.1. The van der Waals surface area contributed by atoms with Crippen molar-refractivity contribution in [2.75, 3.05) is 0 Å². The van der Waals surface area contributed by atoms with Crippen LogP contribution in [-0.4, -0.2) is 10.8 Å². The van der Waals surface area contributed by atoms with Crippen molar-refractivity contribution in [1.82, 2.24) is 9.99 Å². The summed E-state index contributed by atoms with van der Waals surface area (Å²) in [6.45, 7) is 3.43. The minimum Gasteiger partial charge on any atom is -0.340 e. The number of benzene rings is 3. The lowest BCUT2D eigenvalue weighted by atomic mass is 10.1. The van der Waals surface area contributed by atoms with E-state index in [1.54, 1.807) is 0 Å². The number of hydrazone groups is 1. The number of para-hydroxylation sites is 1. The van der Waals surface area contributed by atoms with Gasteiger partial charge in [-0.3, -0.25) is 0 Å². The normalized spacial score (nSPS) is 11.4. The summed E-state index contributed by atoms with van der Waals surface area (Å²) in [5, 5.41) is 6.90. The van der Waals surface area contributed by atoms with E-state index >= 15 is 0 Å². The topological polar surface area (TPSA) is 29.3 Å². The Morgan fingerprint density at radius 2 is 1.59 bits per heavy atom. The van der Waals surface area contributed by atoms with Crippen molar-refractivity contribution in [3.8, 4) is 0 Å². The van der Waals surface area contributed by atoms with Crippen LogP contribution in [0, 0.1) is 6.92 Å². The molecule has 0 saturated heterocycles. The molecule has 4 rings (SSSR count). The van der Waals surface area contributed by atoms with Crippen LogP contribution in [0.5, 0.6) is 0 Å². The summed E-state index contributed by atoms with van der Waals surface area (Å²) in [6.07, 6.45) is 1.88. The Hall–Kier alpha value is -2.75. The van der Waals surface area contributed by atoms with Crippen molar-refractivity contribution in [3.63, 3.8) is 0 Å². The fourth-order valence-corrected chi connectivity index (χ4v) is 4.06. The highest BCUT2D eigenvalue weighted by Gasteiger charge is 2.12. The van der Waals surface area contributed by atoms with Crippen LogP contribution < -0.4 is 5.43 Å². The number of nitrogens with zero attached hydrogens (tertiary/aromatic N) is 2. The fourth-order valence-electron chi connectivity index (χ4n) is 3.53. The van der Waals surface area contributed by atoms with E-state index in [2.05, 4.69) is 70.5 Å². The summed E-state index contributed by atoms with van der Waals surface area (Å²) < 4.78 is 2.33. The molecule has 0 amide bonds. The fraction of sp³-hybridized carbons (Fsp3) is 0.125. The molecule has 0 radical (unpaired) electrons. The number of hydrogen-bond acceptors (Lipinski definition) is 2. The average molecular weight is 422 g/mol. The lowest BCUT2D eigenvalue weighted by Gasteiger charge is -2.08. The van der Waals surface area contributed by atoms with Gasteiger partial charge in [0, 0.05) is 44.3 Å². The first-order chi connectivity index (χ1) is 14.1. The summed E-state index contributed by atoms with van der Waals surface area (Å²) in [5.41, 5.74) is 8.67. The number of halogens is 2. The molecule has 0 spiro atoms. The predicted octanol–water partition coefficient (Wildman–Crippen LogP) is 6.43. The summed E-state index contributed by atoms with van der Waals surface area (Å²) >= 11 is 12.5. The summed E-state index contributed by atoms with van der Waals surface area (Å²) in [7, 11) is 0. The van der Waals surface area contributed by atoms with Gasteiger partial charge in [0.15, 0.2) is 0 Å². The van der Waals surface area contributed by atoms with Gasteiger partial charge in [-0.2, -0.15) is 5.10 Å². The van der Waals surface area contributed by atoms with E-state index in [9.17, 15) is 0 Å². The SMILES string of the molecule is Cc1c(/C=N/NCc2c(Cl)cccc2Cl)c2ccccc2n1Cc1ccccc1. The van der Waals surface area contributed by atoms with Gasteiger partial charge in [-0.25, -0.2) is 0 Å². The lowest BCUT2D eigenvalue weighted by Crippen LogP contribution is -2.07. The summed E-state index contributed by atoms with van der Waals surface area (Å²) in [5.74, 6) is 0. The minimum absolute atomic E-state index is 0.469. The van der Waals surface area contributed by atoms with Gasteiger partial charge in [0.1, 0.15) is 0 Å². The van der Waals surface area contributed by atoms with E-state index in [-0.39, 0.29) is 0 Å². The van der Waals surface area contributed by atoms with Crippen molar-refractivity contribution in [3.05, 3.63) is 105 Å². The van der Waals surface area contributed by atoms with Gasteiger partial charge in [0.25, 0.3) is 0 Å². The zero-order chi connectivity index (χ0) is 20.2. The molecule has 3 nitrogen and oxygen atoms in total. The summed E-state index contributed by atoms with van der Waals surface area (Å²) in [6, 6.07) is 24.4. The molecule has 0 unspecified atom stereocenters. The Labute approximate surface area is 180 Å². The van der Waals surface area contributed by atoms with Gasteiger partial charge in [-0.1, -0.05) is 77.8 Å². The van der Waals surface area contributed by atoms with Crippen LogP contribution in [0.3, 0.4) is 0 Å². The Kier molecular flexibility index (Phi) is 5.89. The molecule has 1 heterocycles. The molecule has 0 saturated carbocycles. The first-order valence-corrected chi connectivity index (χ1v) is 10.2. The van der Waals surface area contributed by atoms with E-state index in [0.717, 1.165) is 17.7 Å². The third kappa shape index (κ3) is 4.16. The number of nitrogens with one attached hydrogen (secondary N) is 1. The second-order valence-electron chi connectivity index (χ2n) is 6.88. The van der Waals surface area contributed by atoms with Gasteiger partial charge in [0.05, 0.1) is 12.8 Å². The molecule has 1 aromatic heterocycles. The number of aromatic nitrogens is 1. The van der Waals surface area contributed by atoms with E-state index in [1.165, 1.54) is 22.2 Å². The molecule has 29 heavy (non-hydrogen) atoms. The highest BCUT2D eigenvalue weighted by Crippen LogP contribution is 2.26. The smallest absolute Gasteiger partial charge is 0.0609 e. The molecule has 0 aliphatic carbocycles. The first-order valence-electron chi connectivity index (χ1n) is 9.45. The summed E-state index contributed by atoms with van der Waals surface area (Å²) in [4.78, 5) is 0. The maximum absolute atomic E-state index is 6.23. The molecule has 0 atom stereocenters. The van der Waals surface area contributed by atoms with Crippen LogP contribution in [0.15, 0.2) is 77.9 Å². The second kappa shape index (κ2) is 8.73. The molecule has 4 aromatic rings. The molecule has 1 N–H and O–H groups in total. The van der Waals surface area contributed by atoms with Crippen molar-refractivity contribution >= 4 is 40.3 Å². The molecule has 3 aromatic carbocycles. The van der Waals surface area contributed by atoms with Gasteiger partial charge in [0.2, 0.25) is 0 Å². The van der Waals surface area contributed by atoms with Gasteiger partial charge < -0.3 is 9.99 Å². The lowest BCUT2D eigenvalue weighted by molar-refractivity contribution is 0.748. The van der Waals surface area contributed by atoms with Gasteiger partial charge in [-0.15, -0.1) is 0 Å². The Bertz CT molecular complexity index is 1140. The van der Waals surface area contributed by atoms with Crippen molar-refractivity contribution < 1.29 is 0 Å². The van der Waals surface area contributed by atoms with Crippen LogP contribution in [0.25, 0.3) is 10.9 Å². The average Bonchev–Trinajstić information content (AvgIpc) is 2.99. The Morgan fingerprint density at radius 1 is 0.897 bits per heavy atom. The van der Waals surface area contributed by atoms with Crippen LogP contribution in [0.2, 0.25) is 10.0 Å². The minimum atomic E-state index is 0.469. The third-order valence-corrected chi connectivity index (χ3v) is 5.77. The number of rotatable bonds is 6. The quantitative estimate of drug-likeness (QED) is 0.282. The molecule has 0 aliphatic heterocycles. The van der Waals surface area contributed by atoms with E-state index in [4.69, 9.17) is 23.2 Å². The van der Waals surface area contributed by atoms with Crippen molar-refractivity contribution in [2.24, 2.45) is 5.10 Å². The van der Waals surface area contributed by atoms with E-state index in [1.807, 2.05) is 30.5 Å². The highest BCUT2D eigenvalue weighted by atomic mass is 35.5. The molecule has 0 aliphatic rings. The molecule has 0 fully saturated rings. The standard InChI is InChI=1S/C24H21Cl2N3/c1-17-20(14-27-28-15-21-22(25)11-7-12-23(21)26)19-10-5-6-13-24(19)29(17)16-18-8-3-2-4-9-18/h2-14,28H,15-16H2,1H3/b27-14+. The molecule has 5 heteroatoms.